The molecule has 1 heterocycles. The van der Waals surface area contributed by atoms with Crippen molar-refractivity contribution in [3.05, 3.63) is 53.1 Å². The lowest BCUT2D eigenvalue weighted by atomic mass is 10.1. The number of nitrogens with zero attached hydrogens (tertiary/aromatic N) is 1. The van der Waals surface area contributed by atoms with Crippen LogP contribution in [0.4, 0.5) is 0 Å². The van der Waals surface area contributed by atoms with Crippen LogP contribution in [0.1, 0.15) is 36.0 Å². The van der Waals surface area contributed by atoms with Gasteiger partial charge in [0.25, 0.3) is 5.91 Å². The van der Waals surface area contributed by atoms with Gasteiger partial charge in [-0.25, -0.2) is 8.42 Å². The third-order valence-electron chi connectivity index (χ3n) is 5.59. The molecule has 7 nitrogen and oxygen atoms in total. The van der Waals surface area contributed by atoms with E-state index in [0.717, 1.165) is 36.0 Å². The first kappa shape index (κ1) is 24.1. The molecule has 2 aromatic carbocycles. The highest BCUT2D eigenvalue weighted by molar-refractivity contribution is 7.89. The fourth-order valence-electron chi connectivity index (χ4n) is 3.67. The van der Waals surface area contributed by atoms with Gasteiger partial charge in [0, 0.05) is 13.1 Å². The lowest BCUT2D eigenvalue weighted by Crippen LogP contribution is -2.35. The average molecular weight is 461 g/mol. The minimum atomic E-state index is -3.45. The average Bonchev–Trinajstić information content (AvgIpc) is 2.79. The minimum absolute atomic E-state index is 0.0627. The van der Waals surface area contributed by atoms with Gasteiger partial charge in [0.15, 0.2) is 6.61 Å². The fraction of sp³-hybridized carbons (Fsp3) is 0.458. The van der Waals surface area contributed by atoms with Crippen LogP contribution in [0.2, 0.25) is 0 Å². The summed E-state index contributed by atoms with van der Waals surface area (Å²) in [6.45, 7) is 7.66. The predicted molar refractivity (Wildman–Crippen MR) is 124 cm³/mol. The van der Waals surface area contributed by atoms with Crippen molar-refractivity contribution in [1.29, 1.82) is 0 Å². The number of aryl methyl sites for hydroxylation is 2. The quantitative estimate of drug-likeness (QED) is 0.580. The standard InChI is InChI=1S/C24H32N2O5S/c1-18-15-19(2)20(3)23(16-18)31-17-24(27)25-11-14-30-21-7-9-22(10-8-21)32(28,29)26-12-5-4-6-13-26/h7-10,15-16H,4-6,11-14,17H2,1-3H3,(H,25,27). The van der Waals surface area contributed by atoms with Gasteiger partial charge in [0.05, 0.1) is 11.4 Å². The van der Waals surface area contributed by atoms with Gasteiger partial charge >= 0.3 is 0 Å². The maximum absolute atomic E-state index is 12.7. The van der Waals surface area contributed by atoms with E-state index in [0.29, 0.717) is 31.1 Å². The van der Waals surface area contributed by atoms with Crippen molar-refractivity contribution in [2.24, 2.45) is 0 Å². The van der Waals surface area contributed by atoms with E-state index in [4.69, 9.17) is 9.47 Å². The molecule has 1 aliphatic heterocycles. The molecule has 1 aliphatic rings. The number of amides is 1. The van der Waals surface area contributed by atoms with Crippen molar-refractivity contribution in [3.63, 3.8) is 0 Å². The van der Waals surface area contributed by atoms with Crippen LogP contribution < -0.4 is 14.8 Å². The van der Waals surface area contributed by atoms with E-state index in [1.54, 1.807) is 28.6 Å². The van der Waals surface area contributed by atoms with Gasteiger partial charge < -0.3 is 14.8 Å². The van der Waals surface area contributed by atoms with Crippen LogP contribution in [0.15, 0.2) is 41.3 Å². The zero-order valence-corrected chi connectivity index (χ0v) is 19.8. The molecular formula is C24H32N2O5S. The first-order valence-electron chi connectivity index (χ1n) is 11.0. The highest BCUT2D eigenvalue weighted by Gasteiger charge is 2.25. The van der Waals surface area contributed by atoms with E-state index in [9.17, 15) is 13.2 Å². The molecule has 1 N–H and O–H groups in total. The molecule has 174 valence electrons. The molecule has 3 rings (SSSR count). The van der Waals surface area contributed by atoms with Gasteiger partial charge in [-0.3, -0.25) is 4.79 Å². The van der Waals surface area contributed by atoms with Gasteiger partial charge in [0.2, 0.25) is 10.0 Å². The number of rotatable bonds is 9. The molecule has 8 heteroatoms. The summed E-state index contributed by atoms with van der Waals surface area (Å²) in [5.41, 5.74) is 3.24. The highest BCUT2D eigenvalue weighted by atomic mass is 32.2. The second-order valence-corrected chi connectivity index (χ2v) is 10.1. The summed E-state index contributed by atoms with van der Waals surface area (Å²) in [7, 11) is -3.45. The summed E-state index contributed by atoms with van der Waals surface area (Å²) in [5, 5.41) is 2.76. The monoisotopic (exact) mass is 460 g/mol. The number of hydrogen-bond acceptors (Lipinski definition) is 5. The van der Waals surface area contributed by atoms with Gasteiger partial charge in [-0.05, 0) is 80.6 Å². The van der Waals surface area contributed by atoms with Gasteiger partial charge in [-0.2, -0.15) is 4.31 Å². The van der Waals surface area contributed by atoms with Crippen molar-refractivity contribution >= 4 is 15.9 Å². The summed E-state index contributed by atoms with van der Waals surface area (Å²) in [4.78, 5) is 12.3. The maximum atomic E-state index is 12.7. The van der Waals surface area contributed by atoms with Crippen molar-refractivity contribution in [1.82, 2.24) is 9.62 Å². The first-order valence-corrected chi connectivity index (χ1v) is 12.4. The Balaban J connectivity index is 1.41. The van der Waals surface area contributed by atoms with Crippen LogP contribution in [-0.4, -0.2) is 51.5 Å². The van der Waals surface area contributed by atoms with Crippen LogP contribution >= 0.6 is 0 Å². The molecule has 1 fully saturated rings. The van der Waals surface area contributed by atoms with E-state index in [1.807, 2.05) is 26.8 Å². The molecule has 0 spiro atoms. The van der Waals surface area contributed by atoms with Crippen LogP contribution in [0.25, 0.3) is 0 Å². The van der Waals surface area contributed by atoms with Crippen LogP contribution in [0, 0.1) is 20.8 Å². The van der Waals surface area contributed by atoms with Crippen molar-refractivity contribution < 1.29 is 22.7 Å². The van der Waals surface area contributed by atoms with E-state index >= 15 is 0 Å². The molecule has 0 unspecified atom stereocenters. The molecule has 0 bridgehead atoms. The SMILES string of the molecule is Cc1cc(C)c(C)c(OCC(=O)NCCOc2ccc(S(=O)(=O)N3CCCCC3)cc2)c1. The zero-order chi connectivity index (χ0) is 23.1. The zero-order valence-electron chi connectivity index (χ0n) is 19.0. The largest absolute Gasteiger partial charge is 0.492 e. The first-order chi connectivity index (χ1) is 15.3. The number of hydrogen-bond donors (Lipinski definition) is 1. The lowest BCUT2D eigenvalue weighted by molar-refractivity contribution is -0.123. The third-order valence-corrected chi connectivity index (χ3v) is 7.51. The number of ether oxygens (including phenoxy) is 2. The summed E-state index contributed by atoms with van der Waals surface area (Å²) < 4.78 is 38.2. The van der Waals surface area contributed by atoms with Crippen molar-refractivity contribution in [2.75, 3.05) is 32.8 Å². The van der Waals surface area contributed by atoms with Crippen LogP contribution in [0.5, 0.6) is 11.5 Å². The number of sulfonamides is 1. The van der Waals surface area contributed by atoms with Gasteiger partial charge in [-0.15, -0.1) is 0 Å². The number of carbonyl (C=O) groups is 1. The van der Waals surface area contributed by atoms with E-state index in [-0.39, 0.29) is 24.0 Å². The third kappa shape index (κ3) is 6.23. The molecule has 1 saturated heterocycles. The number of piperidine rings is 1. The van der Waals surface area contributed by atoms with Crippen molar-refractivity contribution in [3.8, 4) is 11.5 Å². The minimum Gasteiger partial charge on any atom is -0.492 e. The maximum Gasteiger partial charge on any atom is 0.258 e. The smallest absolute Gasteiger partial charge is 0.258 e. The predicted octanol–water partition coefficient (Wildman–Crippen LogP) is 3.36. The van der Waals surface area contributed by atoms with Crippen LogP contribution in [0.3, 0.4) is 0 Å². The lowest BCUT2D eigenvalue weighted by Gasteiger charge is -2.25. The Morgan fingerprint density at radius 1 is 1.00 bits per heavy atom. The molecule has 0 aliphatic carbocycles. The van der Waals surface area contributed by atoms with E-state index in [2.05, 4.69) is 11.4 Å². The molecule has 0 atom stereocenters. The van der Waals surface area contributed by atoms with E-state index < -0.39 is 10.0 Å². The highest BCUT2D eigenvalue weighted by Crippen LogP contribution is 2.24. The van der Waals surface area contributed by atoms with Crippen LogP contribution in [-0.2, 0) is 14.8 Å². The van der Waals surface area contributed by atoms with Gasteiger partial charge in [-0.1, -0.05) is 12.5 Å². The Morgan fingerprint density at radius 3 is 2.38 bits per heavy atom. The number of benzene rings is 2. The molecule has 0 saturated carbocycles. The summed E-state index contributed by atoms with van der Waals surface area (Å²) in [5.74, 6) is 1.04. The fourth-order valence-corrected chi connectivity index (χ4v) is 5.18. The Hall–Kier alpha value is -2.58. The van der Waals surface area contributed by atoms with Crippen molar-refractivity contribution in [2.45, 2.75) is 44.9 Å². The Bertz CT molecular complexity index is 1030. The molecule has 1 amide bonds. The molecule has 32 heavy (non-hydrogen) atoms. The normalized spacial score (nSPS) is 14.7. The summed E-state index contributed by atoms with van der Waals surface area (Å²) in [6, 6.07) is 10.4. The number of carbonyl (C=O) groups excluding carboxylic acids is 1. The molecular weight excluding hydrogens is 428 g/mol. The topological polar surface area (TPSA) is 84.9 Å². The Kier molecular flexibility index (Phi) is 8.15. The summed E-state index contributed by atoms with van der Waals surface area (Å²) in [6.07, 6.45) is 2.88. The van der Waals surface area contributed by atoms with E-state index in [1.165, 1.54) is 0 Å². The molecule has 0 radical (unpaired) electrons. The number of nitrogens with one attached hydrogen (secondary N) is 1. The summed E-state index contributed by atoms with van der Waals surface area (Å²) >= 11 is 0. The second kappa shape index (κ2) is 10.8. The second-order valence-electron chi connectivity index (χ2n) is 8.13. The Labute approximate surface area is 190 Å². The molecule has 2 aromatic rings. The molecule has 0 aromatic heterocycles. The van der Waals surface area contributed by atoms with Gasteiger partial charge in [0.1, 0.15) is 18.1 Å². The Morgan fingerprint density at radius 2 is 1.69 bits per heavy atom.